The van der Waals surface area contributed by atoms with Crippen LogP contribution in [0, 0.1) is 18.8 Å². The summed E-state index contributed by atoms with van der Waals surface area (Å²) in [5.41, 5.74) is 1.12. The molecule has 1 aromatic rings. The van der Waals surface area contributed by atoms with Gasteiger partial charge in [0.2, 0.25) is 0 Å². The SMILES string of the molecule is Cc1ccc(/C(=C\C(F)(F)F)OC(=O)N(CC(C)C)CC(C)C)cc1. The smallest absolute Gasteiger partial charge is 0.410 e. The number of hydrogen-bond donors (Lipinski definition) is 0. The molecule has 0 unspecified atom stereocenters. The lowest BCUT2D eigenvalue weighted by Crippen LogP contribution is -2.37. The Bertz CT molecular complexity index is 580. The van der Waals surface area contributed by atoms with Crippen LogP contribution in [0.4, 0.5) is 18.0 Å². The van der Waals surface area contributed by atoms with Crippen molar-refractivity contribution in [1.29, 1.82) is 0 Å². The van der Waals surface area contributed by atoms with Crippen molar-refractivity contribution in [2.45, 2.75) is 40.8 Å². The lowest BCUT2D eigenvalue weighted by Gasteiger charge is -2.26. The van der Waals surface area contributed by atoms with E-state index in [1.54, 1.807) is 12.1 Å². The quantitative estimate of drug-likeness (QED) is 0.616. The first-order valence-corrected chi connectivity index (χ1v) is 8.31. The highest BCUT2D eigenvalue weighted by molar-refractivity contribution is 5.77. The zero-order valence-electron chi connectivity index (χ0n) is 15.4. The van der Waals surface area contributed by atoms with E-state index < -0.39 is 18.0 Å². The summed E-state index contributed by atoms with van der Waals surface area (Å²) >= 11 is 0. The molecule has 6 heteroatoms. The zero-order valence-corrected chi connectivity index (χ0v) is 15.4. The van der Waals surface area contributed by atoms with Crippen LogP contribution in [0.5, 0.6) is 0 Å². The van der Waals surface area contributed by atoms with Crippen molar-refractivity contribution in [3.8, 4) is 0 Å². The Morgan fingerprint density at radius 2 is 1.56 bits per heavy atom. The minimum atomic E-state index is -4.58. The Labute approximate surface area is 147 Å². The third-order valence-corrected chi connectivity index (χ3v) is 3.26. The summed E-state index contributed by atoms with van der Waals surface area (Å²) in [6, 6.07) is 6.37. The van der Waals surface area contributed by atoms with Crippen LogP contribution in [0.25, 0.3) is 5.76 Å². The molecule has 0 fully saturated rings. The molecule has 3 nitrogen and oxygen atoms in total. The van der Waals surface area contributed by atoms with Gasteiger partial charge in [-0.1, -0.05) is 57.5 Å². The lowest BCUT2D eigenvalue weighted by molar-refractivity contribution is -0.0803. The summed E-state index contributed by atoms with van der Waals surface area (Å²) in [5, 5.41) is 0. The second kappa shape index (κ2) is 8.92. The summed E-state index contributed by atoms with van der Waals surface area (Å²) in [4.78, 5) is 13.9. The molecule has 25 heavy (non-hydrogen) atoms. The Hall–Kier alpha value is -1.98. The number of benzene rings is 1. The minimum Gasteiger partial charge on any atom is -0.410 e. The van der Waals surface area contributed by atoms with Crippen LogP contribution in [-0.4, -0.2) is 30.3 Å². The van der Waals surface area contributed by atoms with E-state index >= 15 is 0 Å². The highest BCUT2D eigenvalue weighted by Crippen LogP contribution is 2.26. The third kappa shape index (κ3) is 8.09. The van der Waals surface area contributed by atoms with E-state index in [-0.39, 0.29) is 23.5 Å². The predicted octanol–water partition coefficient (Wildman–Crippen LogP) is 5.65. The molecule has 0 saturated heterocycles. The van der Waals surface area contributed by atoms with Gasteiger partial charge in [0, 0.05) is 18.7 Å². The number of hydrogen-bond acceptors (Lipinski definition) is 2. The van der Waals surface area contributed by atoms with Gasteiger partial charge >= 0.3 is 12.3 Å². The molecular formula is C19H26F3NO2. The molecule has 0 heterocycles. The van der Waals surface area contributed by atoms with Crippen molar-refractivity contribution < 1.29 is 22.7 Å². The second-order valence-corrected chi connectivity index (χ2v) is 6.98. The summed E-state index contributed by atoms with van der Waals surface area (Å²) in [7, 11) is 0. The van der Waals surface area contributed by atoms with Crippen LogP contribution in [0.3, 0.4) is 0 Å². The number of carbonyl (C=O) groups excluding carboxylic acids is 1. The molecule has 0 aromatic heterocycles. The maximum atomic E-state index is 12.9. The maximum Gasteiger partial charge on any atom is 0.415 e. The number of ether oxygens (including phenoxy) is 1. The lowest BCUT2D eigenvalue weighted by atomic mass is 10.1. The average Bonchev–Trinajstić information content (AvgIpc) is 2.44. The first-order chi connectivity index (χ1) is 11.5. The van der Waals surface area contributed by atoms with E-state index in [1.165, 1.54) is 17.0 Å². The van der Waals surface area contributed by atoms with E-state index in [1.807, 2.05) is 34.6 Å². The van der Waals surface area contributed by atoms with Crippen molar-refractivity contribution in [2.75, 3.05) is 13.1 Å². The number of aryl methyl sites for hydroxylation is 1. The minimum absolute atomic E-state index is 0.0263. The van der Waals surface area contributed by atoms with Crippen LogP contribution < -0.4 is 0 Å². The summed E-state index contributed by atoms with van der Waals surface area (Å²) in [6.07, 6.45) is -5.32. The molecule has 0 saturated carbocycles. The van der Waals surface area contributed by atoms with Crippen LogP contribution >= 0.6 is 0 Å². The van der Waals surface area contributed by atoms with E-state index in [2.05, 4.69) is 0 Å². The monoisotopic (exact) mass is 357 g/mol. The van der Waals surface area contributed by atoms with Crippen molar-refractivity contribution in [2.24, 2.45) is 11.8 Å². The topological polar surface area (TPSA) is 29.5 Å². The number of carbonyl (C=O) groups is 1. The normalized spacial score (nSPS) is 12.6. The molecule has 0 bridgehead atoms. The third-order valence-electron chi connectivity index (χ3n) is 3.26. The number of amides is 1. The molecule has 140 valence electrons. The van der Waals surface area contributed by atoms with Crippen molar-refractivity contribution in [3.05, 3.63) is 41.5 Å². The highest BCUT2D eigenvalue weighted by atomic mass is 19.4. The largest absolute Gasteiger partial charge is 0.415 e. The van der Waals surface area contributed by atoms with Gasteiger partial charge in [0.15, 0.2) is 0 Å². The molecule has 1 amide bonds. The van der Waals surface area contributed by atoms with Gasteiger partial charge in [0.1, 0.15) is 5.76 Å². The molecule has 1 rings (SSSR count). The molecule has 0 atom stereocenters. The van der Waals surface area contributed by atoms with Crippen molar-refractivity contribution in [3.63, 3.8) is 0 Å². The standard InChI is InChI=1S/C19H26F3NO2/c1-13(2)11-23(12-14(3)4)18(24)25-17(10-19(20,21)22)16-8-6-15(5)7-9-16/h6-10,13-14H,11-12H2,1-5H3/b17-10+. The molecule has 0 spiro atoms. The first kappa shape index (κ1) is 21.1. The Kier molecular flexibility index (Phi) is 7.52. The summed E-state index contributed by atoms with van der Waals surface area (Å²) in [6.45, 7) is 10.4. The van der Waals surface area contributed by atoms with Gasteiger partial charge in [-0.2, -0.15) is 13.2 Å². The van der Waals surface area contributed by atoms with Gasteiger partial charge < -0.3 is 9.64 Å². The van der Waals surface area contributed by atoms with Gasteiger partial charge in [-0.15, -0.1) is 0 Å². The van der Waals surface area contributed by atoms with E-state index in [0.717, 1.165) is 5.56 Å². The molecule has 0 radical (unpaired) electrons. The van der Waals surface area contributed by atoms with Crippen LogP contribution in [0.15, 0.2) is 30.3 Å². The number of nitrogens with zero attached hydrogens (tertiary/aromatic N) is 1. The van der Waals surface area contributed by atoms with Gasteiger partial charge in [0.05, 0.1) is 6.08 Å². The molecule has 0 aliphatic heterocycles. The zero-order chi connectivity index (χ0) is 19.2. The van der Waals surface area contributed by atoms with Gasteiger partial charge in [-0.25, -0.2) is 4.79 Å². The second-order valence-electron chi connectivity index (χ2n) is 6.98. The summed E-state index contributed by atoms with van der Waals surface area (Å²) < 4.78 is 43.7. The Morgan fingerprint density at radius 3 is 1.96 bits per heavy atom. The fourth-order valence-electron chi connectivity index (χ4n) is 2.30. The van der Waals surface area contributed by atoms with Gasteiger partial charge in [-0.3, -0.25) is 0 Å². The van der Waals surface area contributed by atoms with Crippen molar-refractivity contribution in [1.82, 2.24) is 4.90 Å². The van der Waals surface area contributed by atoms with Crippen LogP contribution in [-0.2, 0) is 4.74 Å². The van der Waals surface area contributed by atoms with Crippen LogP contribution in [0.1, 0.15) is 38.8 Å². The van der Waals surface area contributed by atoms with E-state index in [4.69, 9.17) is 4.74 Å². The number of alkyl halides is 3. The Balaban J connectivity index is 3.08. The molecular weight excluding hydrogens is 331 g/mol. The fourth-order valence-corrected chi connectivity index (χ4v) is 2.30. The molecule has 1 aromatic carbocycles. The summed E-state index contributed by atoms with van der Waals surface area (Å²) in [5.74, 6) is -0.128. The predicted molar refractivity (Wildman–Crippen MR) is 92.9 cm³/mol. The van der Waals surface area contributed by atoms with E-state index in [0.29, 0.717) is 13.1 Å². The number of allylic oxidation sites excluding steroid dienone is 1. The average molecular weight is 357 g/mol. The van der Waals surface area contributed by atoms with Gasteiger partial charge in [-0.05, 0) is 18.8 Å². The highest BCUT2D eigenvalue weighted by Gasteiger charge is 2.28. The van der Waals surface area contributed by atoms with Crippen LogP contribution in [0.2, 0.25) is 0 Å². The maximum absolute atomic E-state index is 12.9. The van der Waals surface area contributed by atoms with Crippen molar-refractivity contribution >= 4 is 11.9 Å². The molecule has 0 aliphatic carbocycles. The number of halogens is 3. The molecule has 0 aliphatic rings. The fraction of sp³-hybridized carbons (Fsp3) is 0.526. The van der Waals surface area contributed by atoms with Gasteiger partial charge in [0.25, 0.3) is 0 Å². The Morgan fingerprint density at radius 1 is 1.08 bits per heavy atom. The van der Waals surface area contributed by atoms with E-state index in [9.17, 15) is 18.0 Å². The number of rotatable bonds is 6. The molecule has 0 N–H and O–H groups in total. The first-order valence-electron chi connectivity index (χ1n) is 8.31.